The monoisotopic (exact) mass is 187 g/mol. The summed E-state index contributed by atoms with van der Waals surface area (Å²) in [5.41, 5.74) is 2.63. The van der Waals surface area contributed by atoms with Gasteiger partial charge in [0.15, 0.2) is 0 Å². The van der Waals surface area contributed by atoms with E-state index in [9.17, 15) is 0 Å². The van der Waals surface area contributed by atoms with Gasteiger partial charge < -0.3 is 10.3 Å². The Balaban J connectivity index is 0.000000112. The highest BCUT2D eigenvalue weighted by molar-refractivity contribution is 5.52. The molecule has 1 aliphatic heterocycles. The molecular formula is C11H13N3. The van der Waals surface area contributed by atoms with E-state index in [0.29, 0.717) is 0 Å². The highest BCUT2D eigenvalue weighted by atomic mass is 14.9. The third-order valence-corrected chi connectivity index (χ3v) is 2.09. The first-order valence-electron chi connectivity index (χ1n) is 4.72. The van der Waals surface area contributed by atoms with E-state index in [1.165, 1.54) is 11.4 Å². The summed E-state index contributed by atoms with van der Waals surface area (Å²) < 4.78 is 0. The molecule has 0 aliphatic carbocycles. The molecule has 0 atom stereocenters. The van der Waals surface area contributed by atoms with Gasteiger partial charge in [0.1, 0.15) is 0 Å². The summed E-state index contributed by atoms with van der Waals surface area (Å²) >= 11 is 0. The quantitative estimate of drug-likeness (QED) is 0.662. The van der Waals surface area contributed by atoms with Gasteiger partial charge in [-0.15, -0.1) is 0 Å². The van der Waals surface area contributed by atoms with Crippen LogP contribution >= 0.6 is 0 Å². The molecule has 1 aliphatic rings. The molecule has 3 heteroatoms. The van der Waals surface area contributed by atoms with E-state index in [0.717, 1.165) is 13.0 Å². The zero-order valence-electron chi connectivity index (χ0n) is 7.90. The number of hydrogen-bond donors (Lipinski definition) is 2. The van der Waals surface area contributed by atoms with Crippen molar-refractivity contribution in [2.24, 2.45) is 0 Å². The van der Waals surface area contributed by atoms with Crippen LogP contribution in [0.1, 0.15) is 5.69 Å². The SMILES string of the molecule is c1cc2c([nH]1)CCN2.c1ccncc1. The van der Waals surface area contributed by atoms with Crippen LogP contribution in [0.4, 0.5) is 5.69 Å². The van der Waals surface area contributed by atoms with Gasteiger partial charge in [-0.2, -0.15) is 0 Å². The lowest BCUT2D eigenvalue weighted by Crippen LogP contribution is -1.91. The average Bonchev–Trinajstić information content (AvgIpc) is 2.82. The highest BCUT2D eigenvalue weighted by Gasteiger charge is 2.07. The van der Waals surface area contributed by atoms with Gasteiger partial charge in [0.05, 0.1) is 5.69 Å². The predicted molar refractivity (Wildman–Crippen MR) is 57.2 cm³/mol. The molecule has 0 fully saturated rings. The average molecular weight is 187 g/mol. The summed E-state index contributed by atoms with van der Waals surface area (Å²) in [4.78, 5) is 6.94. The van der Waals surface area contributed by atoms with E-state index < -0.39 is 0 Å². The molecule has 3 rings (SSSR count). The summed E-state index contributed by atoms with van der Waals surface area (Å²) in [6.45, 7) is 1.10. The molecule has 0 radical (unpaired) electrons. The third kappa shape index (κ3) is 2.13. The fraction of sp³-hybridized carbons (Fsp3) is 0.182. The number of aromatic amines is 1. The summed E-state index contributed by atoms with van der Waals surface area (Å²) in [5.74, 6) is 0. The predicted octanol–water partition coefficient (Wildman–Crippen LogP) is 2.06. The number of anilines is 1. The molecule has 2 N–H and O–H groups in total. The van der Waals surface area contributed by atoms with Gasteiger partial charge in [-0.05, 0) is 18.2 Å². The Labute approximate surface area is 83.2 Å². The summed E-state index contributed by atoms with van der Waals surface area (Å²) in [6, 6.07) is 7.79. The molecule has 14 heavy (non-hydrogen) atoms. The molecule has 0 saturated heterocycles. The first-order valence-corrected chi connectivity index (χ1v) is 4.72. The van der Waals surface area contributed by atoms with Crippen molar-refractivity contribution in [3.63, 3.8) is 0 Å². The van der Waals surface area contributed by atoms with Gasteiger partial charge >= 0.3 is 0 Å². The van der Waals surface area contributed by atoms with E-state index >= 15 is 0 Å². The molecule has 3 heterocycles. The van der Waals surface area contributed by atoms with Crippen LogP contribution in [0.25, 0.3) is 0 Å². The van der Waals surface area contributed by atoms with Crippen molar-refractivity contribution in [1.82, 2.24) is 9.97 Å². The van der Waals surface area contributed by atoms with Crippen molar-refractivity contribution in [2.45, 2.75) is 6.42 Å². The van der Waals surface area contributed by atoms with E-state index in [1.54, 1.807) is 12.4 Å². The van der Waals surface area contributed by atoms with E-state index in [2.05, 4.69) is 21.4 Å². The van der Waals surface area contributed by atoms with Gasteiger partial charge in [-0.3, -0.25) is 4.98 Å². The lowest BCUT2D eigenvalue weighted by Gasteiger charge is -1.85. The minimum Gasteiger partial charge on any atom is -0.383 e. The maximum atomic E-state index is 3.78. The van der Waals surface area contributed by atoms with Gasteiger partial charge in [-0.25, -0.2) is 0 Å². The molecule has 0 amide bonds. The minimum absolute atomic E-state index is 1.10. The fourth-order valence-electron chi connectivity index (χ4n) is 1.41. The number of hydrogen-bond acceptors (Lipinski definition) is 2. The van der Waals surface area contributed by atoms with Gasteiger partial charge in [0.25, 0.3) is 0 Å². The molecule has 0 unspecified atom stereocenters. The zero-order valence-corrected chi connectivity index (χ0v) is 7.90. The van der Waals surface area contributed by atoms with Crippen molar-refractivity contribution in [3.8, 4) is 0 Å². The van der Waals surface area contributed by atoms with Crippen molar-refractivity contribution in [3.05, 3.63) is 48.5 Å². The largest absolute Gasteiger partial charge is 0.383 e. The number of nitrogens with one attached hydrogen (secondary N) is 2. The molecule has 2 aromatic heterocycles. The van der Waals surface area contributed by atoms with Gasteiger partial charge in [0.2, 0.25) is 0 Å². The van der Waals surface area contributed by atoms with Crippen molar-refractivity contribution in [2.75, 3.05) is 11.9 Å². The Kier molecular flexibility index (Phi) is 2.81. The van der Waals surface area contributed by atoms with Crippen molar-refractivity contribution in [1.29, 1.82) is 0 Å². The second-order valence-corrected chi connectivity index (χ2v) is 3.07. The lowest BCUT2D eigenvalue weighted by molar-refractivity contribution is 1.05. The number of rotatable bonds is 0. The molecule has 3 nitrogen and oxygen atoms in total. The third-order valence-electron chi connectivity index (χ3n) is 2.09. The Hall–Kier alpha value is -1.77. The van der Waals surface area contributed by atoms with Crippen LogP contribution in [0.5, 0.6) is 0 Å². The number of H-pyrrole nitrogens is 1. The molecule has 0 spiro atoms. The van der Waals surface area contributed by atoms with E-state index in [-0.39, 0.29) is 0 Å². The number of fused-ring (bicyclic) bond motifs is 1. The van der Waals surface area contributed by atoms with Crippen LogP contribution in [0.2, 0.25) is 0 Å². The highest BCUT2D eigenvalue weighted by Crippen LogP contribution is 2.18. The second-order valence-electron chi connectivity index (χ2n) is 3.07. The molecule has 0 bridgehead atoms. The minimum atomic E-state index is 1.10. The normalized spacial score (nSPS) is 12.3. The van der Waals surface area contributed by atoms with Gasteiger partial charge in [0, 0.05) is 37.3 Å². The van der Waals surface area contributed by atoms with Crippen LogP contribution in [0.3, 0.4) is 0 Å². The van der Waals surface area contributed by atoms with Crippen LogP contribution in [0, 0.1) is 0 Å². The first kappa shape index (κ1) is 8.81. The molecular weight excluding hydrogens is 174 g/mol. The summed E-state index contributed by atoms with van der Waals surface area (Å²) in [5, 5.41) is 3.25. The Morgan fingerprint density at radius 2 is 2.00 bits per heavy atom. The van der Waals surface area contributed by atoms with Crippen molar-refractivity contribution < 1.29 is 0 Å². The van der Waals surface area contributed by atoms with Crippen LogP contribution in [0.15, 0.2) is 42.9 Å². The smallest absolute Gasteiger partial charge is 0.0551 e. The first-order chi connectivity index (χ1) is 6.97. The Bertz CT molecular complexity index is 322. The van der Waals surface area contributed by atoms with Crippen LogP contribution in [-0.2, 0) is 6.42 Å². The molecule has 0 saturated carbocycles. The maximum absolute atomic E-state index is 3.78. The molecule has 72 valence electrons. The second kappa shape index (κ2) is 4.46. The topological polar surface area (TPSA) is 40.7 Å². The lowest BCUT2D eigenvalue weighted by atomic mass is 10.3. The zero-order chi connectivity index (χ0) is 9.64. The summed E-state index contributed by atoms with van der Waals surface area (Å²) in [7, 11) is 0. The van der Waals surface area contributed by atoms with Crippen molar-refractivity contribution >= 4 is 5.69 Å². The van der Waals surface area contributed by atoms with E-state index in [4.69, 9.17) is 0 Å². The van der Waals surface area contributed by atoms with Gasteiger partial charge in [-0.1, -0.05) is 6.07 Å². The van der Waals surface area contributed by atoms with Crippen LogP contribution < -0.4 is 5.32 Å². The summed E-state index contributed by atoms with van der Waals surface area (Å²) in [6.07, 6.45) is 6.62. The fourth-order valence-corrected chi connectivity index (χ4v) is 1.41. The Morgan fingerprint density at radius 1 is 1.14 bits per heavy atom. The molecule has 2 aromatic rings. The standard InChI is InChI=1S/C6H8N2.C5H5N/c1-3-7-6-2-4-8-5(1)6;1-2-4-6-5-3-1/h1,3,7-8H,2,4H2;1-5H. The number of pyridine rings is 1. The van der Waals surface area contributed by atoms with E-state index in [1.807, 2.05) is 24.4 Å². The number of aromatic nitrogens is 2. The van der Waals surface area contributed by atoms with Crippen LogP contribution in [-0.4, -0.2) is 16.5 Å². The Morgan fingerprint density at radius 3 is 2.57 bits per heavy atom. The molecule has 0 aromatic carbocycles. The maximum Gasteiger partial charge on any atom is 0.0551 e. The number of nitrogens with zero attached hydrogens (tertiary/aromatic N) is 1.